The van der Waals surface area contributed by atoms with Crippen LogP contribution in [-0.2, 0) is 22.9 Å². The summed E-state index contributed by atoms with van der Waals surface area (Å²) >= 11 is 0. The van der Waals surface area contributed by atoms with Crippen molar-refractivity contribution in [3.8, 4) is 17.3 Å². The number of fused-ring (bicyclic) bond motifs is 1. The van der Waals surface area contributed by atoms with Crippen molar-refractivity contribution in [2.75, 3.05) is 44.1 Å². The normalized spacial score (nSPS) is 18.4. The van der Waals surface area contributed by atoms with Crippen LogP contribution in [0.2, 0.25) is 0 Å². The van der Waals surface area contributed by atoms with Crippen LogP contribution in [0.4, 0.5) is 28.9 Å². The zero-order valence-electron chi connectivity index (χ0n) is 23.1. The van der Waals surface area contributed by atoms with Gasteiger partial charge in [-0.15, -0.1) is 10.2 Å². The topological polar surface area (TPSA) is 115 Å². The molecule has 15 heteroatoms. The van der Waals surface area contributed by atoms with E-state index in [9.17, 15) is 26.0 Å². The Morgan fingerprint density at radius 2 is 1.93 bits per heavy atom. The summed E-state index contributed by atoms with van der Waals surface area (Å²) < 4.78 is 91.6. The van der Waals surface area contributed by atoms with Crippen molar-refractivity contribution in [3.63, 3.8) is 0 Å². The minimum absolute atomic E-state index is 0.0120. The lowest BCUT2D eigenvalue weighted by molar-refractivity contribution is -0.139. The lowest BCUT2D eigenvalue weighted by atomic mass is 10.0. The van der Waals surface area contributed by atoms with Crippen LogP contribution in [0.5, 0.6) is 5.75 Å². The molecule has 3 heterocycles. The van der Waals surface area contributed by atoms with E-state index in [0.717, 1.165) is 10.8 Å². The SMILES string of the molecule is COc1cc(S(C)(=O)=O)ccc1NCc1nnc(-c2cc3c(N[C@@H]4CCN(C)C[C@H]4F)cccc3n2CC(F)(F)F)o1. The third-order valence-electron chi connectivity index (χ3n) is 7.09. The fraction of sp³-hybridized carbons (Fsp3) is 0.407. The Kier molecular flexibility index (Phi) is 8.07. The number of hydrogen-bond acceptors (Lipinski definition) is 9. The Hall–Kier alpha value is -3.85. The second kappa shape index (κ2) is 11.4. The predicted octanol–water partition coefficient (Wildman–Crippen LogP) is 4.73. The van der Waals surface area contributed by atoms with Gasteiger partial charge < -0.3 is 29.3 Å². The highest BCUT2D eigenvalue weighted by molar-refractivity contribution is 7.90. The van der Waals surface area contributed by atoms with Crippen LogP contribution in [-0.4, -0.2) is 80.0 Å². The number of nitrogens with one attached hydrogen (secondary N) is 2. The largest absolute Gasteiger partial charge is 0.495 e. The molecule has 0 bridgehead atoms. The first-order valence-electron chi connectivity index (χ1n) is 13.1. The highest BCUT2D eigenvalue weighted by Gasteiger charge is 2.32. The first-order chi connectivity index (χ1) is 19.8. The Balaban J connectivity index is 1.44. The molecule has 0 unspecified atom stereocenters. The van der Waals surface area contributed by atoms with Crippen LogP contribution in [0.3, 0.4) is 0 Å². The number of piperidine rings is 1. The monoisotopic (exact) mass is 610 g/mol. The summed E-state index contributed by atoms with van der Waals surface area (Å²) in [5.41, 5.74) is 1.30. The van der Waals surface area contributed by atoms with E-state index in [1.807, 2.05) is 11.9 Å². The minimum Gasteiger partial charge on any atom is -0.495 e. The van der Waals surface area contributed by atoms with Crippen LogP contribution in [0.1, 0.15) is 12.3 Å². The second-order valence-corrected chi connectivity index (χ2v) is 12.3. The van der Waals surface area contributed by atoms with E-state index >= 15 is 0 Å². The van der Waals surface area contributed by atoms with Gasteiger partial charge in [-0.25, -0.2) is 12.8 Å². The van der Waals surface area contributed by atoms with E-state index in [2.05, 4.69) is 20.8 Å². The second-order valence-electron chi connectivity index (χ2n) is 10.3. The Bertz CT molecular complexity index is 1690. The van der Waals surface area contributed by atoms with Gasteiger partial charge in [0.15, 0.2) is 9.84 Å². The molecule has 0 aliphatic carbocycles. The molecule has 5 rings (SSSR count). The van der Waals surface area contributed by atoms with Gasteiger partial charge in [0.05, 0.1) is 35.8 Å². The smallest absolute Gasteiger partial charge is 0.406 e. The molecule has 1 aliphatic rings. The molecule has 1 saturated heterocycles. The molecule has 4 aromatic rings. The molecule has 42 heavy (non-hydrogen) atoms. The van der Waals surface area contributed by atoms with E-state index in [0.29, 0.717) is 29.7 Å². The van der Waals surface area contributed by atoms with Crippen LogP contribution < -0.4 is 15.4 Å². The van der Waals surface area contributed by atoms with Crippen molar-refractivity contribution >= 4 is 32.1 Å². The number of anilines is 2. The van der Waals surface area contributed by atoms with Crippen LogP contribution in [0, 0.1) is 0 Å². The molecule has 0 radical (unpaired) electrons. The highest BCUT2D eigenvalue weighted by atomic mass is 32.2. The molecule has 0 amide bonds. The van der Waals surface area contributed by atoms with E-state index < -0.39 is 34.8 Å². The van der Waals surface area contributed by atoms with Crippen molar-refractivity contribution in [2.24, 2.45) is 0 Å². The number of nitrogens with zero attached hydrogens (tertiary/aromatic N) is 4. The van der Waals surface area contributed by atoms with Gasteiger partial charge in [-0.1, -0.05) is 6.07 Å². The quantitative estimate of drug-likeness (QED) is 0.260. The van der Waals surface area contributed by atoms with E-state index in [1.54, 1.807) is 18.2 Å². The third kappa shape index (κ3) is 6.46. The zero-order valence-corrected chi connectivity index (χ0v) is 23.9. The lowest BCUT2D eigenvalue weighted by Gasteiger charge is -2.33. The number of likely N-dealkylation sites (tertiary alicyclic amines) is 1. The molecular formula is C27H30F4N6O4S. The number of halogens is 4. The molecule has 1 aliphatic heterocycles. The van der Waals surface area contributed by atoms with Crippen LogP contribution >= 0.6 is 0 Å². The average molecular weight is 611 g/mol. The van der Waals surface area contributed by atoms with Crippen LogP contribution in [0.25, 0.3) is 22.5 Å². The number of aromatic nitrogens is 3. The van der Waals surface area contributed by atoms with Gasteiger partial charge in [0, 0.05) is 36.5 Å². The Morgan fingerprint density at radius 3 is 2.62 bits per heavy atom. The molecule has 226 valence electrons. The van der Waals surface area contributed by atoms with Crippen molar-refractivity contribution in [2.45, 2.75) is 42.8 Å². The molecular weight excluding hydrogens is 580 g/mol. The Labute approximate surface area is 239 Å². The van der Waals surface area contributed by atoms with Crippen molar-refractivity contribution in [1.82, 2.24) is 19.7 Å². The van der Waals surface area contributed by atoms with Gasteiger partial charge in [-0.05, 0) is 43.8 Å². The van der Waals surface area contributed by atoms with Gasteiger partial charge in [-0.3, -0.25) is 0 Å². The summed E-state index contributed by atoms with van der Waals surface area (Å²) in [6.45, 7) is -0.349. The van der Waals surface area contributed by atoms with Crippen molar-refractivity contribution in [3.05, 3.63) is 48.4 Å². The zero-order chi connectivity index (χ0) is 30.2. The van der Waals surface area contributed by atoms with E-state index in [1.165, 1.54) is 31.4 Å². The van der Waals surface area contributed by atoms with E-state index in [4.69, 9.17) is 9.15 Å². The maximum absolute atomic E-state index is 14.7. The first-order valence-corrected chi connectivity index (χ1v) is 14.9. The Morgan fingerprint density at radius 1 is 1.14 bits per heavy atom. The van der Waals surface area contributed by atoms with E-state index in [-0.39, 0.29) is 46.7 Å². The summed E-state index contributed by atoms with van der Waals surface area (Å²) in [7, 11) is -0.219. The maximum Gasteiger partial charge on any atom is 0.406 e. The van der Waals surface area contributed by atoms with Gasteiger partial charge in [0.1, 0.15) is 24.2 Å². The number of benzene rings is 2. The maximum atomic E-state index is 14.7. The number of ether oxygens (including phenoxy) is 1. The number of alkyl halides is 4. The standard InChI is InChI=1S/C27H30F4N6O4S/c1-36-10-9-20(18(28)14-36)33-19-5-4-6-22-17(19)12-23(37(22)15-27(29,30)31)26-35-34-25(41-26)13-32-21-8-7-16(42(3,38)39)11-24(21)40-2/h4-8,11-12,18,20,32-33H,9-10,13-15H2,1-3H3/t18-,20-/m1/s1. The predicted molar refractivity (Wildman–Crippen MR) is 149 cm³/mol. The highest BCUT2D eigenvalue weighted by Crippen LogP contribution is 2.36. The summed E-state index contributed by atoms with van der Waals surface area (Å²) in [5.74, 6) is 0.219. The molecule has 10 nitrogen and oxygen atoms in total. The first kappa shape index (κ1) is 29.6. The van der Waals surface area contributed by atoms with Gasteiger partial charge in [-0.2, -0.15) is 13.2 Å². The lowest BCUT2D eigenvalue weighted by Crippen LogP contribution is -2.46. The average Bonchev–Trinajstić information content (AvgIpc) is 3.53. The summed E-state index contributed by atoms with van der Waals surface area (Å²) in [6.07, 6.45) is -4.05. The summed E-state index contributed by atoms with van der Waals surface area (Å²) in [6, 6.07) is 10.2. The van der Waals surface area contributed by atoms with Crippen molar-refractivity contribution in [1.29, 1.82) is 0 Å². The van der Waals surface area contributed by atoms with Gasteiger partial charge in [0.25, 0.3) is 5.89 Å². The van der Waals surface area contributed by atoms with Gasteiger partial charge >= 0.3 is 6.18 Å². The third-order valence-corrected chi connectivity index (χ3v) is 8.20. The fourth-order valence-corrected chi connectivity index (χ4v) is 5.64. The van der Waals surface area contributed by atoms with Crippen LogP contribution in [0.15, 0.2) is 51.8 Å². The van der Waals surface area contributed by atoms with Gasteiger partial charge in [0.2, 0.25) is 5.89 Å². The molecule has 2 atom stereocenters. The fourth-order valence-electron chi connectivity index (χ4n) is 5.00. The number of methoxy groups -OCH3 is 1. The number of rotatable bonds is 9. The molecule has 2 N–H and O–H groups in total. The number of sulfone groups is 1. The molecule has 2 aromatic heterocycles. The minimum atomic E-state index is -4.54. The molecule has 2 aromatic carbocycles. The molecule has 0 saturated carbocycles. The number of hydrogen-bond donors (Lipinski definition) is 2. The van der Waals surface area contributed by atoms with Crippen molar-refractivity contribution < 1.29 is 35.1 Å². The summed E-state index contributed by atoms with van der Waals surface area (Å²) in [5, 5.41) is 14.7. The summed E-state index contributed by atoms with van der Waals surface area (Å²) in [4.78, 5) is 1.97. The molecule has 1 fully saturated rings. The molecule has 0 spiro atoms.